The van der Waals surface area contributed by atoms with Crippen LogP contribution in [-0.2, 0) is 6.54 Å². The Balaban J connectivity index is 2.14. The third-order valence-electron chi connectivity index (χ3n) is 2.42. The number of aromatic hydroxyl groups is 1. The van der Waals surface area contributed by atoms with Crippen molar-refractivity contribution in [1.82, 2.24) is 9.78 Å². The maximum Gasteiger partial charge on any atom is 0.255 e. The van der Waals surface area contributed by atoms with Crippen molar-refractivity contribution in [3.8, 4) is 5.75 Å². The Hall–Kier alpha value is -2.01. The van der Waals surface area contributed by atoms with Crippen molar-refractivity contribution >= 4 is 23.2 Å². The number of aryl methyl sites for hydroxylation is 1. The van der Waals surface area contributed by atoms with E-state index in [1.807, 2.05) is 6.92 Å². The molecule has 0 radical (unpaired) electrons. The van der Waals surface area contributed by atoms with Crippen molar-refractivity contribution in [3.63, 3.8) is 0 Å². The fourth-order valence-electron chi connectivity index (χ4n) is 1.45. The number of benzene rings is 1. The highest BCUT2D eigenvalue weighted by Gasteiger charge is 2.09. The largest absolute Gasteiger partial charge is 0.506 e. The first-order chi connectivity index (χ1) is 8.60. The van der Waals surface area contributed by atoms with Crippen molar-refractivity contribution < 1.29 is 9.90 Å². The van der Waals surface area contributed by atoms with Crippen LogP contribution in [0.25, 0.3) is 0 Å². The van der Waals surface area contributed by atoms with E-state index in [2.05, 4.69) is 10.4 Å². The summed E-state index contributed by atoms with van der Waals surface area (Å²) in [6, 6.07) is 4.30. The van der Waals surface area contributed by atoms with Gasteiger partial charge in [-0.3, -0.25) is 9.48 Å². The molecule has 1 heterocycles. The lowest BCUT2D eigenvalue weighted by molar-refractivity contribution is 0.102. The lowest BCUT2D eigenvalue weighted by atomic mass is 10.2. The molecule has 0 atom stereocenters. The highest BCUT2D eigenvalue weighted by atomic mass is 35.5. The van der Waals surface area contributed by atoms with E-state index >= 15 is 0 Å². The highest BCUT2D eigenvalue weighted by Crippen LogP contribution is 2.24. The fraction of sp³-hybridized carbons (Fsp3) is 0.167. The van der Waals surface area contributed by atoms with Gasteiger partial charge in [-0.15, -0.1) is 0 Å². The molecule has 0 aliphatic rings. The van der Waals surface area contributed by atoms with Crippen LogP contribution >= 0.6 is 11.6 Å². The van der Waals surface area contributed by atoms with E-state index < -0.39 is 0 Å². The zero-order chi connectivity index (χ0) is 13.1. The molecular weight excluding hydrogens is 254 g/mol. The fourth-order valence-corrected chi connectivity index (χ4v) is 1.63. The van der Waals surface area contributed by atoms with Crippen LogP contribution in [0.4, 0.5) is 5.69 Å². The number of hydrogen-bond acceptors (Lipinski definition) is 3. The van der Waals surface area contributed by atoms with E-state index in [-0.39, 0.29) is 16.7 Å². The highest BCUT2D eigenvalue weighted by molar-refractivity contribution is 6.32. The van der Waals surface area contributed by atoms with Gasteiger partial charge in [-0.1, -0.05) is 11.6 Å². The third kappa shape index (κ3) is 2.62. The third-order valence-corrected chi connectivity index (χ3v) is 2.73. The van der Waals surface area contributed by atoms with Crippen LogP contribution in [0.15, 0.2) is 30.6 Å². The molecule has 18 heavy (non-hydrogen) atoms. The molecule has 5 nitrogen and oxygen atoms in total. The summed E-state index contributed by atoms with van der Waals surface area (Å²) in [6.07, 6.45) is 3.31. The molecule has 6 heteroatoms. The molecule has 94 valence electrons. The molecule has 2 aromatic rings. The van der Waals surface area contributed by atoms with Crippen molar-refractivity contribution in [1.29, 1.82) is 0 Å². The molecule has 2 N–H and O–H groups in total. The molecule has 0 unspecified atom stereocenters. The average Bonchev–Trinajstić information content (AvgIpc) is 2.80. The van der Waals surface area contributed by atoms with Gasteiger partial charge in [-0.05, 0) is 25.1 Å². The Labute approximate surface area is 109 Å². The van der Waals surface area contributed by atoms with Gasteiger partial charge in [-0.25, -0.2) is 0 Å². The summed E-state index contributed by atoms with van der Waals surface area (Å²) < 4.78 is 1.71. The van der Waals surface area contributed by atoms with Gasteiger partial charge in [0.2, 0.25) is 0 Å². The maximum atomic E-state index is 11.9. The van der Waals surface area contributed by atoms with Crippen LogP contribution < -0.4 is 5.32 Å². The summed E-state index contributed by atoms with van der Waals surface area (Å²) in [5.41, 5.74) is 0.994. The van der Waals surface area contributed by atoms with E-state index in [1.54, 1.807) is 17.1 Å². The minimum atomic E-state index is -0.299. The predicted molar refractivity (Wildman–Crippen MR) is 69.0 cm³/mol. The zero-order valence-corrected chi connectivity index (χ0v) is 10.5. The second-order valence-corrected chi connectivity index (χ2v) is 4.11. The number of rotatable bonds is 3. The molecule has 1 amide bonds. The zero-order valence-electron chi connectivity index (χ0n) is 9.72. The Bertz CT molecular complexity index is 580. The van der Waals surface area contributed by atoms with Crippen LogP contribution in [0.1, 0.15) is 17.3 Å². The molecule has 0 bridgehead atoms. The van der Waals surface area contributed by atoms with Crippen LogP contribution in [0.2, 0.25) is 5.02 Å². The normalized spacial score (nSPS) is 10.3. The van der Waals surface area contributed by atoms with Crippen molar-refractivity contribution in [3.05, 3.63) is 41.2 Å². The molecule has 0 saturated heterocycles. The first-order valence-corrected chi connectivity index (χ1v) is 5.80. The van der Waals surface area contributed by atoms with Crippen LogP contribution in [0, 0.1) is 0 Å². The Morgan fingerprint density at radius 1 is 1.56 bits per heavy atom. The van der Waals surface area contributed by atoms with E-state index in [1.165, 1.54) is 18.2 Å². The Morgan fingerprint density at radius 3 is 2.94 bits per heavy atom. The second-order valence-electron chi connectivity index (χ2n) is 3.71. The van der Waals surface area contributed by atoms with Gasteiger partial charge < -0.3 is 10.4 Å². The van der Waals surface area contributed by atoms with Crippen molar-refractivity contribution in [2.45, 2.75) is 13.5 Å². The van der Waals surface area contributed by atoms with Gasteiger partial charge in [0.15, 0.2) is 0 Å². The monoisotopic (exact) mass is 265 g/mol. The number of nitrogens with zero attached hydrogens (tertiary/aromatic N) is 2. The number of nitrogens with one attached hydrogen (secondary N) is 1. The van der Waals surface area contributed by atoms with E-state index in [9.17, 15) is 9.90 Å². The molecule has 0 aliphatic carbocycles. The first kappa shape index (κ1) is 12.4. The first-order valence-electron chi connectivity index (χ1n) is 5.42. The summed E-state index contributed by atoms with van der Waals surface area (Å²) in [4.78, 5) is 11.9. The minimum Gasteiger partial charge on any atom is -0.506 e. The van der Waals surface area contributed by atoms with Crippen LogP contribution in [0.3, 0.4) is 0 Å². The maximum absolute atomic E-state index is 11.9. The van der Waals surface area contributed by atoms with E-state index in [4.69, 9.17) is 11.6 Å². The van der Waals surface area contributed by atoms with Crippen LogP contribution in [0.5, 0.6) is 5.75 Å². The van der Waals surface area contributed by atoms with E-state index in [0.29, 0.717) is 11.3 Å². The van der Waals surface area contributed by atoms with Gasteiger partial charge in [-0.2, -0.15) is 5.10 Å². The van der Waals surface area contributed by atoms with Gasteiger partial charge in [0.25, 0.3) is 5.91 Å². The number of amides is 1. The number of aromatic nitrogens is 2. The average molecular weight is 266 g/mol. The van der Waals surface area contributed by atoms with Gasteiger partial charge >= 0.3 is 0 Å². The van der Waals surface area contributed by atoms with Gasteiger partial charge in [0.05, 0.1) is 16.9 Å². The molecule has 0 saturated carbocycles. The predicted octanol–water partition coefficient (Wildman–Crippen LogP) is 2.51. The van der Waals surface area contributed by atoms with Crippen molar-refractivity contribution in [2.24, 2.45) is 0 Å². The Kier molecular flexibility index (Phi) is 3.53. The number of carbonyl (C=O) groups excluding carboxylic acids is 1. The number of hydrogen-bond donors (Lipinski definition) is 2. The molecule has 0 spiro atoms. The van der Waals surface area contributed by atoms with Gasteiger partial charge in [0, 0.05) is 18.3 Å². The summed E-state index contributed by atoms with van der Waals surface area (Å²) in [6.45, 7) is 2.69. The van der Waals surface area contributed by atoms with Gasteiger partial charge in [0.1, 0.15) is 5.75 Å². The molecule has 1 aromatic heterocycles. The SMILES string of the molecule is CCn1cc(NC(=O)c2ccc(O)c(Cl)c2)cn1. The number of carbonyl (C=O) groups is 1. The summed E-state index contributed by atoms with van der Waals surface area (Å²) >= 11 is 5.74. The topological polar surface area (TPSA) is 67.2 Å². The summed E-state index contributed by atoms with van der Waals surface area (Å²) in [5, 5.41) is 16.2. The molecule has 0 aliphatic heterocycles. The molecular formula is C12H12ClN3O2. The summed E-state index contributed by atoms with van der Waals surface area (Å²) in [7, 11) is 0. The number of halogens is 1. The number of anilines is 1. The molecule has 2 rings (SSSR count). The van der Waals surface area contributed by atoms with Crippen molar-refractivity contribution in [2.75, 3.05) is 5.32 Å². The standard InChI is InChI=1S/C12H12ClN3O2/c1-2-16-7-9(6-14-16)15-12(18)8-3-4-11(17)10(13)5-8/h3-7,17H,2H2,1H3,(H,15,18). The quantitative estimate of drug-likeness (QED) is 0.896. The molecule has 0 fully saturated rings. The lowest BCUT2D eigenvalue weighted by Crippen LogP contribution is -2.11. The molecule has 1 aromatic carbocycles. The minimum absolute atomic E-state index is 0.0491. The lowest BCUT2D eigenvalue weighted by Gasteiger charge is -2.03. The number of phenolic OH excluding ortho intramolecular Hbond substituents is 1. The van der Waals surface area contributed by atoms with E-state index in [0.717, 1.165) is 6.54 Å². The second kappa shape index (κ2) is 5.10. The smallest absolute Gasteiger partial charge is 0.255 e. The summed E-state index contributed by atoms with van der Waals surface area (Å²) in [5.74, 6) is -0.348. The number of phenols is 1. The Morgan fingerprint density at radius 2 is 2.33 bits per heavy atom. The van der Waals surface area contributed by atoms with Crippen LogP contribution in [-0.4, -0.2) is 20.8 Å².